The summed E-state index contributed by atoms with van der Waals surface area (Å²) in [7, 11) is 9.00. The van der Waals surface area contributed by atoms with E-state index in [0.29, 0.717) is 17.2 Å². The average Bonchev–Trinajstić information content (AvgIpc) is 2.88. The van der Waals surface area contributed by atoms with E-state index >= 15 is 0 Å². The Morgan fingerprint density at radius 3 is 1.58 bits per heavy atom. The Morgan fingerprint density at radius 1 is 0.667 bits per heavy atom. The van der Waals surface area contributed by atoms with Crippen LogP contribution in [0.1, 0.15) is 29.0 Å². The SMILES string of the molecule is COc1cc(CN(C)CCN(C)CCC(c2ccc(F)cc2)c2ccc(F)cc2)cc(OC)c1OC. The summed E-state index contributed by atoms with van der Waals surface area (Å²) in [6.45, 7) is 3.32. The first-order valence-corrected chi connectivity index (χ1v) is 12.0. The summed E-state index contributed by atoms with van der Waals surface area (Å²) in [4.78, 5) is 4.53. The molecule has 0 amide bonds. The minimum Gasteiger partial charge on any atom is -0.493 e. The van der Waals surface area contributed by atoms with Crippen LogP contribution in [0.3, 0.4) is 0 Å². The van der Waals surface area contributed by atoms with Gasteiger partial charge < -0.3 is 24.0 Å². The molecular weight excluding hydrogens is 462 g/mol. The van der Waals surface area contributed by atoms with E-state index in [-0.39, 0.29) is 17.6 Å². The average molecular weight is 499 g/mol. The quantitative estimate of drug-likeness (QED) is 0.308. The van der Waals surface area contributed by atoms with E-state index in [1.54, 1.807) is 21.3 Å². The van der Waals surface area contributed by atoms with Crippen molar-refractivity contribution in [2.75, 3.05) is 55.1 Å². The monoisotopic (exact) mass is 498 g/mol. The van der Waals surface area contributed by atoms with Gasteiger partial charge in [-0.25, -0.2) is 8.78 Å². The number of ether oxygens (including phenoxy) is 3. The Kier molecular flexibility index (Phi) is 10.1. The van der Waals surface area contributed by atoms with Crippen molar-refractivity contribution >= 4 is 0 Å². The first kappa shape index (κ1) is 27.4. The Hall–Kier alpha value is -3.16. The van der Waals surface area contributed by atoms with Crippen LogP contribution in [0.4, 0.5) is 8.78 Å². The lowest BCUT2D eigenvalue weighted by Gasteiger charge is -2.25. The van der Waals surface area contributed by atoms with Gasteiger partial charge in [-0.3, -0.25) is 0 Å². The highest BCUT2D eigenvalue weighted by molar-refractivity contribution is 5.53. The van der Waals surface area contributed by atoms with Crippen molar-refractivity contribution in [3.8, 4) is 17.2 Å². The Morgan fingerprint density at radius 2 is 1.14 bits per heavy atom. The fraction of sp³-hybridized carbons (Fsp3) is 0.379. The molecule has 0 saturated carbocycles. The molecule has 0 aliphatic rings. The maximum Gasteiger partial charge on any atom is 0.203 e. The number of nitrogens with zero attached hydrogens (tertiary/aromatic N) is 2. The van der Waals surface area contributed by atoms with Crippen molar-refractivity contribution in [1.82, 2.24) is 9.80 Å². The largest absolute Gasteiger partial charge is 0.493 e. The first-order valence-electron chi connectivity index (χ1n) is 12.0. The Balaban J connectivity index is 1.58. The van der Waals surface area contributed by atoms with Gasteiger partial charge in [0, 0.05) is 25.6 Å². The highest BCUT2D eigenvalue weighted by Crippen LogP contribution is 2.38. The van der Waals surface area contributed by atoms with Gasteiger partial charge in [-0.15, -0.1) is 0 Å². The molecule has 7 heteroatoms. The molecule has 3 aromatic rings. The van der Waals surface area contributed by atoms with E-state index in [4.69, 9.17) is 14.2 Å². The molecule has 36 heavy (non-hydrogen) atoms. The first-order chi connectivity index (χ1) is 17.3. The molecular formula is C29H36F2N2O3. The van der Waals surface area contributed by atoms with Gasteiger partial charge in [0.05, 0.1) is 21.3 Å². The lowest BCUT2D eigenvalue weighted by atomic mass is 9.88. The van der Waals surface area contributed by atoms with Crippen LogP contribution in [-0.2, 0) is 6.54 Å². The molecule has 0 N–H and O–H groups in total. The Bertz CT molecular complexity index is 1020. The minimum atomic E-state index is -0.260. The van der Waals surface area contributed by atoms with E-state index in [0.717, 1.165) is 49.3 Å². The third kappa shape index (κ3) is 7.42. The summed E-state index contributed by atoms with van der Waals surface area (Å²) in [5.41, 5.74) is 3.12. The predicted molar refractivity (Wildman–Crippen MR) is 139 cm³/mol. The molecule has 0 aliphatic carbocycles. The number of rotatable bonds is 13. The predicted octanol–water partition coefficient (Wildman–Crippen LogP) is 5.58. The summed E-state index contributed by atoms with van der Waals surface area (Å²) < 4.78 is 43.3. The second-order valence-corrected chi connectivity index (χ2v) is 9.02. The lowest BCUT2D eigenvalue weighted by molar-refractivity contribution is 0.247. The van der Waals surface area contributed by atoms with Crippen LogP contribution in [0, 0.1) is 11.6 Å². The van der Waals surface area contributed by atoms with E-state index in [2.05, 4.69) is 23.9 Å². The zero-order valence-corrected chi connectivity index (χ0v) is 21.8. The van der Waals surface area contributed by atoms with Gasteiger partial charge in [-0.05, 0) is 80.1 Å². The van der Waals surface area contributed by atoms with E-state index in [1.165, 1.54) is 24.3 Å². The maximum atomic E-state index is 13.5. The standard InChI is InChI=1S/C29H36F2N2O3/c1-32(16-17-33(2)20-21-18-27(34-3)29(36-5)28(19-21)35-4)15-14-26(22-6-10-24(30)11-7-22)23-8-12-25(31)13-9-23/h6-13,18-19,26H,14-17,20H2,1-5H3. The zero-order valence-electron chi connectivity index (χ0n) is 21.8. The van der Waals surface area contributed by atoms with Crippen LogP contribution in [0.15, 0.2) is 60.7 Å². The van der Waals surface area contributed by atoms with E-state index in [9.17, 15) is 8.78 Å². The van der Waals surface area contributed by atoms with Crippen molar-refractivity contribution in [2.24, 2.45) is 0 Å². The summed E-state index contributed by atoms with van der Waals surface area (Å²) in [5, 5.41) is 0. The van der Waals surface area contributed by atoms with Crippen LogP contribution < -0.4 is 14.2 Å². The maximum absolute atomic E-state index is 13.5. The molecule has 0 spiro atoms. The molecule has 0 unspecified atom stereocenters. The van der Waals surface area contributed by atoms with Crippen LogP contribution in [0.5, 0.6) is 17.2 Å². The second-order valence-electron chi connectivity index (χ2n) is 9.02. The van der Waals surface area contributed by atoms with Crippen molar-refractivity contribution < 1.29 is 23.0 Å². The fourth-order valence-corrected chi connectivity index (χ4v) is 4.34. The highest BCUT2D eigenvalue weighted by atomic mass is 19.1. The summed E-state index contributed by atoms with van der Waals surface area (Å²) in [6.07, 6.45) is 0.838. The third-order valence-corrected chi connectivity index (χ3v) is 6.38. The normalized spacial score (nSPS) is 11.4. The summed E-state index contributed by atoms with van der Waals surface area (Å²) in [5.74, 6) is 1.41. The fourth-order valence-electron chi connectivity index (χ4n) is 4.34. The Labute approximate surface area is 213 Å². The van der Waals surface area contributed by atoms with Gasteiger partial charge in [-0.1, -0.05) is 24.3 Å². The minimum absolute atomic E-state index is 0.0607. The van der Waals surface area contributed by atoms with Gasteiger partial charge in [-0.2, -0.15) is 0 Å². The second kappa shape index (κ2) is 13.2. The number of hydrogen-bond donors (Lipinski definition) is 0. The van der Waals surface area contributed by atoms with Gasteiger partial charge in [0.1, 0.15) is 11.6 Å². The van der Waals surface area contributed by atoms with Crippen LogP contribution in [-0.4, -0.2) is 64.9 Å². The zero-order chi connectivity index (χ0) is 26.1. The van der Waals surface area contributed by atoms with Crippen molar-refractivity contribution in [1.29, 1.82) is 0 Å². The topological polar surface area (TPSA) is 34.2 Å². The molecule has 0 aliphatic heterocycles. The summed E-state index contributed by atoms with van der Waals surface area (Å²) >= 11 is 0. The van der Waals surface area contributed by atoms with Crippen LogP contribution in [0.25, 0.3) is 0 Å². The molecule has 0 atom stereocenters. The smallest absolute Gasteiger partial charge is 0.203 e. The summed E-state index contributed by atoms with van der Waals surface area (Å²) in [6, 6.07) is 17.1. The van der Waals surface area contributed by atoms with E-state index in [1.807, 2.05) is 36.4 Å². The molecule has 0 saturated heterocycles. The molecule has 0 fully saturated rings. The lowest BCUT2D eigenvalue weighted by Crippen LogP contribution is -2.31. The van der Waals surface area contributed by atoms with Gasteiger partial charge in [0.25, 0.3) is 0 Å². The van der Waals surface area contributed by atoms with Crippen LogP contribution >= 0.6 is 0 Å². The molecule has 194 valence electrons. The van der Waals surface area contributed by atoms with Gasteiger partial charge in [0.15, 0.2) is 11.5 Å². The number of likely N-dealkylation sites (N-methyl/N-ethyl adjacent to an activating group) is 2. The van der Waals surface area contributed by atoms with E-state index < -0.39 is 0 Å². The van der Waals surface area contributed by atoms with Crippen molar-refractivity contribution in [2.45, 2.75) is 18.9 Å². The van der Waals surface area contributed by atoms with Crippen molar-refractivity contribution in [3.05, 3.63) is 89.0 Å². The van der Waals surface area contributed by atoms with Gasteiger partial charge >= 0.3 is 0 Å². The molecule has 0 heterocycles. The number of hydrogen-bond acceptors (Lipinski definition) is 5. The van der Waals surface area contributed by atoms with Gasteiger partial charge in [0.2, 0.25) is 5.75 Å². The molecule has 3 rings (SSSR count). The number of benzene rings is 3. The molecule has 5 nitrogen and oxygen atoms in total. The molecule has 3 aromatic carbocycles. The third-order valence-electron chi connectivity index (χ3n) is 6.38. The number of halogens is 2. The molecule has 0 aromatic heterocycles. The van der Waals surface area contributed by atoms with Crippen molar-refractivity contribution in [3.63, 3.8) is 0 Å². The molecule has 0 bridgehead atoms. The van der Waals surface area contributed by atoms with Crippen LogP contribution in [0.2, 0.25) is 0 Å². The highest BCUT2D eigenvalue weighted by Gasteiger charge is 2.17. The molecule has 0 radical (unpaired) electrons. The number of methoxy groups -OCH3 is 3.